The number of amides is 1. The van der Waals surface area contributed by atoms with Gasteiger partial charge in [0.15, 0.2) is 6.23 Å². The average molecular weight is 422 g/mol. The molecule has 13 heteroatoms. The number of hydrogen-bond acceptors (Lipinski definition) is 11. The van der Waals surface area contributed by atoms with Crippen LogP contribution in [0.5, 0.6) is 0 Å². The third-order valence-corrected chi connectivity index (χ3v) is 4.75. The lowest BCUT2D eigenvalue weighted by atomic mass is 9.96. The minimum Gasteiger partial charge on any atom is -0.480 e. The van der Waals surface area contributed by atoms with Crippen LogP contribution >= 0.6 is 0 Å². The van der Waals surface area contributed by atoms with Crippen LogP contribution in [0.3, 0.4) is 0 Å². The lowest BCUT2D eigenvalue weighted by molar-refractivity contribution is -0.318. The van der Waals surface area contributed by atoms with E-state index in [-0.39, 0.29) is 13.2 Å². The van der Waals surface area contributed by atoms with Gasteiger partial charge in [0.25, 0.3) is 5.91 Å². The summed E-state index contributed by atoms with van der Waals surface area (Å²) in [6.07, 6.45) is -6.82. The second-order valence-electron chi connectivity index (χ2n) is 6.84. The zero-order chi connectivity index (χ0) is 21.8. The Morgan fingerprint density at radius 3 is 2.62 bits per heavy atom. The second-order valence-corrected chi connectivity index (χ2v) is 6.84. The van der Waals surface area contributed by atoms with Gasteiger partial charge in [0, 0.05) is 12.0 Å². The largest absolute Gasteiger partial charge is 0.480 e. The van der Waals surface area contributed by atoms with Gasteiger partial charge in [-0.1, -0.05) is 6.08 Å². The second kappa shape index (κ2) is 9.88. The van der Waals surface area contributed by atoms with Crippen LogP contribution in [0, 0.1) is 0 Å². The fourth-order valence-electron chi connectivity index (χ4n) is 2.89. The third-order valence-electron chi connectivity index (χ3n) is 4.75. The number of carboxylic acids is 1. The van der Waals surface area contributed by atoms with Crippen molar-refractivity contribution in [3.63, 3.8) is 0 Å². The van der Waals surface area contributed by atoms with Gasteiger partial charge < -0.3 is 50.5 Å². The number of rotatable bonds is 9. The molecule has 3 unspecified atom stereocenters. The summed E-state index contributed by atoms with van der Waals surface area (Å²) in [6, 6.07) is -1.53. The van der Waals surface area contributed by atoms with Gasteiger partial charge in [0.2, 0.25) is 5.79 Å². The van der Waals surface area contributed by atoms with Gasteiger partial charge in [-0.25, -0.2) is 0 Å². The molecular weight excluding hydrogens is 396 g/mol. The average Bonchev–Trinajstić information content (AvgIpc) is 3.13. The summed E-state index contributed by atoms with van der Waals surface area (Å²) in [5.74, 6) is -4.78. The SMILES string of the molecule is O=C(NC1OCC=C1CO)C(O)CC(NC[C@@]1(O)OC[C@@H](O)[C@@H](O)[C@@H]1O)C(=O)O. The minimum absolute atomic E-state index is 0.164. The molecule has 0 spiro atoms. The molecule has 9 N–H and O–H groups in total. The predicted octanol–water partition coefficient (Wildman–Crippen LogP) is -5.03. The maximum absolute atomic E-state index is 12.1. The highest BCUT2D eigenvalue weighted by atomic mass is 16.6. The molecule has 0 aromatic heterocycles. The molecule has 0 bridgehead atoms. The van der Waals surface area contributed by atoms with Gasteiger partial charge in [0.05, 0.1) is 26.4 Å². The third kappa shape index (κ3) is 5.69. The van der Waals surface area contributed by atoms with Crippen molar-refractivity contribution < 1.29 is 54.8 Å². The Morgan fingerprint density at radius 2 is 2.00 bits per heavy atom. The molecule has 2 aliphatic heterocycles. The Morgan fingerprint density at radius 1 is 1.31 bits per heavy atom. The predicted molar refractivity (Wildman–Crippen MR) is 92.0 cm³/mol. The quantitative estimate of drug-likeness (QED) is 0.159. The van der Waals surface area contributed by atoms with E-state index < -0.39 is 73.9 Å². The van der Waals surface area contributed by atoms with Crippen molar-refractivity contribution in [3.8, 4) is 0 Å². The molecule has 0 saturated carbocycles. The van der Waals surface area contributed by atoms with Crippen LogP contribution in [0.1, 0.15) is 6.42 Å². The molecule has 1 amide bonds. The van der Waals surface area contributed by atoms with Crippen LogP contribution in [0.4, 0.5) is 0 Å². The molecule has 166 valence electrons. The zero-order valence-electron chi connectivity index (χ0n) is 15.3. The summed E-state index contributed by atoms with van der Waals surface area (Å²) >= 11 is 0. The summed E-state index contributed by atoms with van der Waals surface area (Å²) in [6.45, 7) is -1.37. The van der Waals surface area contributed by atoms with Gasteiger partial charge in [0.1, 0.15) is 30.5 Å². The van der Waals surface area contributed by atoms with Crippen LogP contribution in [-0.2, 0) is 19.1 Å². The molecule has 2 heterocycles. The Kier molecular flexibility index (Phi) is 8.04. The standard InChI is InChI=1S/C16H26N2O11/c19-4-7-1-2-28-14(7)18-13(24)9(20)3-8(15(25)26)17-6-16(27)12(23)11(22)10(21)5-29-16/h1,8-12,14,17,19-23,27H,2-6H2,(H,18,24)(H,25,26)/t8?,9?,10-,11-,12+,14?,16-/m1/s1. The number of carbonyl (C=O) groups excluding carboxylic acids is 1. The number of aliphatic carboxylic acids is 1. The molecule has 2 aliphatic rings. The van der Waals surface area contributed by atoms with Crippen molar-refractivity contribution >= 4 is 11.9 Å². The van der Waals surface area contributed by atoms with E-state index >= 15 is 0 Å². The summed E-state index contributed by atoms with van der Waals surface area (Å²) < 4.78 is 10.1. The maximum Gasteiger partial charge on any atom is 0.320 e. The summed E-state index contributed by atoms with van der Waals surface area (Å²) in [5, 5.41) is 72.3. The minimum atomic E-state index is -2.39. The first-order valence-corrected chi connectivity index (χ1v) is 8.85. The first-order valence-electron chi connectivity index (χ1n) is 8.85. The Labute approximate surface area is 165 Å². The number of carbonyl (C=O) groups is 2. The van der Waals surface area contributed by atoms with E-state index in [0.29, 0.717) is 5.57 Å². The van der Waals surface area contributed by atoms with E-state index in [4.69, 9.17) is 14.6 Å². The highest BCUT2D eigenvalue weighted by molar-refractivity contribution is 5.82. The number of aliphatic hydroxyl groups excluding tert-OH is 5. The number of aliphatic hydroxyl groups is 6. The van der Waals surface area contributed by atoms with Crippen molar-refractivity contribution in [2.45, 2.75) is 48.9 Å². The summed E-state index contributed by atoms with van der Waals surface area (Å²) in [5.41, 5.74) is 0.393. The van der Waals surface area contributed by atoms with Crippen LogP contribution in [0.25, 0.3) is 0 Å². The van der Waals surface area contributed by atoms with Crippen molar-refractivity contribution in [2.24, 2.45) is 0 Å². The molecule has 0 aromatic carbocycles. The number of nitrogens with one attached hydrogen (secondary N) is 2. The first-order chi connectivity index (χ1) is 13.6. The van der Waals surface area contributed by atoms with E-state index in [1.54, 1.807) is 6.08 Å². The normalized spacial score (nSPS) is 34.3. The van der Waals surface area contributed by atoms with Crippen molar-refractivity contribution in [3.05, 3.63) is 11.6 Å². The van der Waals surface area contributed by atoms with E-state index in [1.807, 2.05) is 0 Å². The first kappa shape index (κ1) is 23.6. The molecule has 2 rings (SSSR count). The summed E-state index contributed by atoms with van der Waals surface area (Å²) in [4.78, 5) is 23.5. The Bertz CT molecular complexity index is 630. The van der Waals surface area contributed by atoms with E-state index in [2.05, 4.69) is 10.6 Å². The van der Waals surface area contributed by atoms with Crippen molar-refractivity contribution in [2.75, 3.05) is 26.4 Å². The fourth-order valence-corrected chi connectivity index (χ4v) is 2.89. The van der Waals surface area contributed by atoms with Crippen LogP contribution in [-0.4, -0.2) is 116 Å². The Balaban J connectivity index is 1.91. The monoisotopic (exact) mass is 422 g/mol. The molecule has 1 fully saturated rings. The van der Waals surface area contributed by atoms with Gasteiger partial charge in [-0.15, -0.1) is 0 Å². The number of hydrogen-bond donors (Lipinski definition) is 9. The number of carboxylic acid groups (broad SMARTS) is 1. The fraction of sp³-hybridized carbons (Fsp3) is 0.750. The van der Waals surface area contributed by atoms with Crippen LogP contribution < -0.4 is 10.6 Å². The lowest BCUT2D eigenvalue weighted by Crippen LogP contribution is -2.65. The molecule has 13 nitrogen and oxygen atoms in total. The van der Waals surface area contributed by atoms with Gasteiger partial charge in [-0.2, -0.15) is 0 Å². The Hall–Kier alpha value is -1.68. The highest BCUT2D eigenvalue weighted by Crippen LogP contribution is 2.23. The number of ether oxygens (including phenoxy) is 2. The molecule has 29 heavy (non-hydrogen) atoms. The smallest absolute Gasteiger partial charge is 0.320 e. The van der Waals surface area contributed by atoms with E-state index in [9.17, 15) is 40.2 Å². The lowest BCUT2D eigenvalue weighted by Gasteiger charge is -2.42. The molecule has 0 radical (unpaired) electrons. The molecule has 7 atom stereocenters. The van der Waals surface area contributed by atoms with Crippen LogP contribution in [0.15, 0.2) is 11.6 Å². The van der Waals surface area contributed by atoms with E-state index in [0.717, 1.165) is 0 Å². The topological polar surface area (TPSA) is 218 Å². The van der Waals surface area contributed by atoms with Gasteiger partial charge in [-0.3, -0.25) is 14.9 Å². The molecule has 1 saturated heterocycles. The van der Waals surface area contributed by atoms with Crippen molar-refractivity contribution in [1.82, 2.24) is 10.6 Å². The van der Waals surface area contributed by atoms with Gasteiger partial charge in [-0.05, 0) is 0 Å². The molecule has 0 aromatic rings. The summed E-state index contributed by atoms with van der Waals surface area (Å²) in [7, 11) is 0. The molecule has 0 aliphatic carbocycles. The van der Waals surface area contributed by atoms with Gasteiger partial charge >= 0.3 is 5.97 Å². The van der Waals surface area contributed by atoms with Crippen molar-refractivity contribution in [1.29, 1.82) is 0 Å². The molecular formula is C16H26N2O11. The maximum atomic E-state index is 12.1. The van der Waals surface area contributed by atoms with Crippen LogP contribution in [0.2, 0.25) is 0 Å². The zero-order valence-corrected chi connectivity index (χ0v) is 15.3. The highest BCUT2D eigenvalue weighted by Gasteiger charge is 2.48. The van der Waals surface area contributed by atoms with E-state index in [1.165, 1.54) is 0 Å².